The SMILES string of the molecule is Cn1[c]c(O)c2ccc(=O)c(=O)c=2s1. The fourth-order valence-electron chi connectivity index (χ4n) is 1.19. The van der Waals surface area contributed by atoms with Gasteiger partial charge in [-0.25, -0.2) is 0 Å². The van der Waals surface area contributed by atoms with Gasteiger partial charge in [0.15, 0.2) is 5.75 Å². The Bertz CT molecular complexity index is 655. The molecule has 14 heavy (non-hydrogen) atoms. The van der Waals surface area contributed by atoms with Crippen LogP contribution in [0.4, 0.5) is 0 Å². The second-order valence-electron chi connectivity index (χ2n) is 2.82. The maximum atomic E-state index is 11.4. The first-order valence-electron chi connectivity index (χ1n) is 3.85. The molecule has 1 aliphatic carbocycles. The summed E-state index contributed by atoms with van der Waals surface area (Å²) >= 11 is 1.09. The van der Waals surface area contributed by atoms with Gasteiger partial charge in [-0.2, -0.15) is 0 Å². The van der Waals surface area contributed by atoms with Crippen LogP contribution in [-0.4, -0.2) is 9.06 Å². The van der Waals surface area contributed by atoms with E-state index in [-0.39, 0.29) is 10.3 Å². The van der Waals surface area contributed by atoms with Crippen LogP contribution < -0.4 is 10.9 Å². The number of nitrogens with zero attached hydrogens (tertiary/aromatic N) is 1. The van der Waals surface area contributed by atoms with Gasteiger partial charge in [0, 0.05) is 12.3 Å². The van der Waals surface area contributed by atoms with E-state index < -0.39 is 10.9 Å². The molecule has 0 fully saturated rings. The predicted molar refractivity (Wildman–Crippen MR) is 51.6 cm³/mol. The van der Waals surface area contributed by atoms with Crippen LogP contribution in [0.1, 0.15) is 0 Å². The van der Waals surface area contributed by atoms with Crippen molar-refractivity contribution in [3.8, 4) is 5.75 Å². The second kappa shape index (κ2) is 2.95. The molecule has 0 saturated carbocycles. The van der Waals surface area contributed by atoms with Gasteiger partial charge in [0.05, 0.1) is 0 Å². The molecule has 71 valence electrons. The predicted octanol–water partition coefficient (Wildman–Crippen LogP) is 0.0376. The lowest BCUT2D eigenvalue weighted by Gasteiger charge is -1.98. The Hall–Kier alpha value is -1.62. The summed E-state index contributed by atoms with van der Waals surface area (Å²) in [6.45, 7) is 0. The number of aryl methyl sites for hydroxylation is 1. The highest BCUT2D eigenvalue weighted by molar-refractivity contribution is 7.04. The minimum atomic E-state index is -0.576. The summed E-state index contributed by atoms with van der Waals surface area (Å²) in [7, 11) is 1.64. The quantitative estimate of drug-likeness (QED) is 0.622. The van der Waals surface area contributed by atoms with Crippen molar-refractivity contribution in [3.05, 3.63) is 48.5 Å². The van der Waals surface area contributed by atoms with Gasteiger partial charge < -0.3 is 5.11 Å². The Morgan fingerprint density at radius 1 is 1.43 bits per heavy atom. The molecule has 1 N–H and O–H groups in total. The molecule has 2 rings (SSSR count). The van der Waals surface area contributed by atoms with Crippen molar-refractivity contribution >= 4 is 11.5 Å². The number of hydrogen-bond donors (Lipinski definition) is 1. The fourth-order valence-corrected chi connectivity index (χ4v) is 2.04. The van der Waals surface area contributed by atoms with Crippen molar-refractivity contribution < 1.29 is 5.11 Å². The Morgan fingerprint density at radius 3 is 2.86 bits per heavy atom. The van der Waals surface area contributed by atoms with Gasteiger partial charge in [-0.3, -0.25) is 13.5 Å². The number of rotatable bonds is 0. The van der Waals surface area contributed by atoms with Crippen LogP contribution in [0, 0.1) is 15.9 Å². The van der Waals surface area contributed by atoms with Gasteiger partial charge in [0.25, 0.3) is 0 Å². The van der Waals surface area contributed by atoms with Crippen molar-refractivity contribution in [2.75, 3.05) is 0 Å². The van der Waals surface area contributed by atoms with Gasteiger partial charge in [-0.1, -0.05) is 11.5 Å². The molecule has 1 radical (unpaired) electrons. The van der Waals surface area contributed by atoms with Crippen LogP contribution in [0.2, 0.25) is 0 Å². The first kappa shape index (κ1) is 8.96. The largest absolute Gasteiger partial charge is 0.505 e. The molecular weight excluding hydrogens is 202 g/mol. The summed E-state index contributed by atoms with van der Waals surface area (Å²) < 4.78 is 1.72. The zero-order valence-electron chi connectivity index (χ0n) is 7.27. The van der Waals surface area contributed by atoms with E-state index in [9.17, 15) is 14.7 Å². The van der Waals surface area contributed by atoms with E-state index in [0.717, 1.165) is 17.6 Å². The molecule has 0 atom stereocenters. The van der Waals surface area contributed by atoms with Crippen molar-refractivity contribution in [1.82, 2.24) is 3.96 Å². The van der Waals surface area contributed by atoms with Crippen molar-refractivity contribution in [2.45, 2.75) is 0 Å². The Labute approximate surface area is 82.5 Å². The third-order valence-electron chi connectivity index (χ3n) is 1.82. The molecule has 1 aliphatic heterocycles. The number of aromatic hydroxyl groups is 1. The minimum absolute atomic E-state index is 0.113. The monoisotopic (exact) mass is 208 g/mol. The van der Waals surface area contributed by atoms with Gasteiger partial charge in [0.1, 0.15) is 10.7 Å². The second-order valence-corrected chi connectivity index (χ2v) is 3.96. The van der Waals surface area contributed by atoms with Crippen LogP contribution in [0.3, 0.4) is 0 Å². The lowest BCUT2D eigenvalue weighted by Crippen LogP contribution is -2.23. The molecule has 0 saturated heterocycles. The first-order valence-corrected chi connectivity index (χ1v) is 4.62. The lowest BCUT2D eigenvalue weighted by molar-refractivity contribution is 0.465. The van der Waals surface area contributed by atoms with E-state index in [4.69, 9.17) is 0 Å². The average molecular weight is 208 g/mol. The Kier molecular flexibility index (Phi) is 1.89. The normalized spacial score (nSPS) is 10.6. The van der Waals surface area contributed by atoms with Gasteiger partial charge in [0.2, 0.25) is 10.9 Å². The van der Waals surface area contributed by atoms with Crippen LogP contribution in [0.15, 0.2) is 21.7 Å². The topological polar surface area (TPSA) is 59.3 Å². The van der Waals surface area contributed by atoms with E-state index in [1.807, 2.05) is 0 Å². The smallest absolute Gasteiger partial charge is 0.245 e. The standard InChI is InChI=1S/C9H6NO3S/c1-10-4-7(12)5-2-3-6(11)8(13)9(5)14-10/h2-3,12H,1H3. The highest BCUT2D eigenvalue weighted by Crippen LogP contribution is 2.11. The molecule has 0 aromatic rings. The van der Waals surface area contributed by atoms with Gasteiger partial charge in [-0.05, 0) is 12.1 Å². The van der Waals surface area contributed by atoms with Crippen LogP contribution in [-0.2, 0) is 7.05 Å². The zero-order valence-corrected chi connectivity index (χ0v) is 8.09. The molecule has 0 aromatic heterocycles. The summed E-state index contributed by atoms with van der Waals surface area (Å²) in [5.74, 6) is -0.113. The summed E-state index contributed by atoms with van der Waals surface area (Å²) in [5, 5.41) is 9.83. The number of aromatic nitrogens is 1. The van der Waals surface area contributed by atoms with Crippen molar-refractivity contribution in [3.63, 3.8) is 0 Å². The van der Waals surface area contributed by atoms with E-state index in [1.165, 1.54) is 10.0 Å². The Balaban J connectivity index is 3.23. The van der Waals surface area contributed by atoms with E-state index in [0.29, 0.717) is 5.22 Å². The molecule has 1 heterocycles. The molecule has 2 aliphatic rings. The summed E-state index contributed by atoms with van der Waals surface area (Å²) in [6.07, 6.45) is 2.61. The summed E-state index contributed by atoms with van der Waals surface area (Å²) in [6, 6.07) is 2.59. The molecule has 0 aromatic carbocycles. The van der Waals surface area contributed by atoms with Crippen molar-refractivity contribution in [2.24, 2.45) is 7.05 Å². The van der Waals surface area contributed by atoms with E-state index in [1.54, 1.807) is 7.05 Å². The highest BCUT2D eigenvalue weighted by atomic mass is 32.1. The molecular formula is C9H6NO3S. The minimum Gasteiger partial charge on any atom is -0.505 e. The molecule has 0 unspecified atom stereocenters. The van der Waals surface area contributed by atoms with Gasteiger partial charge >= 0.3 is 0 Å². The molecule has 0 amide bonds. The number of hydrogen-bond acceptors (Lipinski definition) is 4. The van der Waals surface area contributed by atoms with Crippen molar-refractivity contribution in [1.29, 1.82) is 0 Å². The maximum Gasteiger partial charge on any atom is 0.245 e. The lowest BCUT2D eigenvalue weighted by atomic mass is 10.3. The van der Waals surface area contributed by atoms with Gasteiger partial charge in [-0.15, -0.1) is 0 Å². The maximum absolute atomic E-state index is 11.4. The van der Waals surface area contributed by atoms with E-state index >= 15 is 0 Å². The third-order valence-corrected chi connectivity index (χ3v) is 2.78. The Morgan fingerprint density at radius 2 is 2.14 bits per heavy atom. The molecule has 5 heteroatoms. The van der Waals surface area contributed by atoms with E-state index in [2.05, 4.69) is 6.20 Å². The van der Waals surface area contributed by atoms with Crippen LogP contribution in [0.25, 0.3) is 0 Å². The van der Waals surface area contributed by atoms with Crippen LogP contribution in [0.5, 0.6) is 5.75 Å². The molecule has 0 bridgehead atoms. The highest BCUT2D eigenvalue weighted by Gasteiger charge is 2.03. The fraction of sp³-hybridized carbons (Fsp3) is 0.111. The third kappa shape index (κ3) is 1.22. The summed E-state index contributed by atoms with van der Waals surface area (Å²) in [4.78, 5) is 22.4. The summed E-state index contributed by atoms with van der Waals surface area (Å²) in [5.41, 5.74) is -1.13. The van der Waals surface area contributed by atoms with Crippen LogP contribution >= 0.6 is 11.5 Å². The molecule has 4 nitrogen and oxygen atoms in total. The average Bonchev–Trinajstić information content (AvgIpc) is 2.12. The zero-order chi connectivity index (χ0) is 10.3. The molecule has 0 spiro atoms. The first-order chi connectivity index (χ1) is 6.59.